The molecule has 0 unspecified atom stereocenters. The summed E-state index contributed by atoms with van der Waals surface area (Å²) in [4.78, 5) is 46.6. The standard InChI is InChI=1S/C19H18F3N5O3/c20-19(21,22)12-16(28)27-9-3-8-26(10-11-27)15-6-1-5-14(24-15)17(29)13-4-2-7-23-18(13)25-30/h1-2,4-7H,3,8-12H2. The van der Waals surface area contributed by atoms with Crippen LogP contribution >= 0.6 is 0 Å². The molecule has 0 aromatic carbocycles. The molecule has 1 saturated heterocycles. The van der Waals surface area contributed by atoms with Gasteiger partial charge in [0.25, 0.3) is 0 Å². The van der Waals surface area contributed by atoms with Gasteiger partial charge in [0.1, 0.15) is 17.9 Å². The summed E-state index contributed by atoms with van der Waals surface area (Å²) < 4.78 is 37.5. The molecular weight excluding hydrogens is 403 g/mol. The Morgan fingerprint density at radius 1 is 1.07 bits per heavy atom. The van der Waals surface area contributed by atoms with E-state index in [1.54, 1.807) is 17.0 Å². The van der Waals surface area contributed by atoms with Crippen molar-refractivity contribution in [3.63, 3.8) is 0 Å². The number of hydrogen-bond donors (Lipinski definition) is 0. The predicted molar refractivity (Wildman–Crippen MR) is 101 cm³/mol. The minimum atomic E-state index is -4.54. The van der Waals surface area contributed by atoms with Gasteiger partial charge >= 0.3 is 6.18 Å². The Morgan fingerprint density at radius 3 is 2.60 bits per heavy atom. The van der Waals surface area contributed by atoms with Crippen LogP contribution in [0, 0.1) is 4.91 Å². The van der Waals surface area contributed by atoms with E-state index in [1.807, 2.05) is 0 Å². The molecule has 0 bridgehead atoms. The van der Waals surface area contributed by atoms with Gasteiger partial charge in [-0.05, 0) is 35.9 Å². The number of alkyl halides is 3. The number of carbonyl (C=O) groups excluding carboxylic acids is 2. The normalized spacial score (nSPS) is 14.9. The molecule has 0 saturated carbocycles. The summed E-state index contributed by atoms with van der Waals surface area (Å²) in [7, 11) is 0. The third-order valence-electron chi connectivity index (χ3n) is 4.61. The Morgan fingerprint density at radius 2 is 1.87 bits per heavy atom. The molecule has 158 valence electrons. The topological polar surface area (TPSA) is 95.8 Å². The van der Waals surface area contributed by atoms with Crippen LogP contribution in [0.3, 0.4) is 0 Å². The summed E-state index contributed by atoms with van der Waals surface area (Å²) in [6.45, 7) is 1.08. The first-order valence-corrected chi connectivity index (χ1v) is 9.18. The zero-order valence-electron chi connectivity index (χ0n) is 15.8. The summed E-state index contributed by atoms with van der Waals surface area (Å²) >= 11 is 0. The Kier molecular flexibility index (Phi) is 6.38. The summed E-state index contributed by atoms with van der Waals surface area (Å²) in [5.74, 6) is -1.25. The first-order valence-electron chi connectivity index (χ1n) is 9.18. The molecule has 1 fully saturated rings. The largest absolute Gasteiger partial charge is 0.397 e. The van der Waals surface area contributed by atoms with E-state index in [4.69, 9.17) is 0 Å². The van der Waals surface area contributed by atoms with Crippen molar-refractivity contribution in [3.8, 4) is 0 Å². The number of nitrogens with zero attached hydrogens (tertiary/aromatic N) is 5. The smallest absolute Gasteiger partial charge is 0.355 e. The van der Waals surface area contributed by atoms with Crippen molar-refractivity contribution >= 4 is 23.3 Å². The number of pyridine rings is 2. The summed E-state index contributed by atoms with van der Waals surface area (Å²) in [5, 5.41) is 2.75. The van der Waals surface area contributed by atoms with E-state index in [1.165, 1.54) is 29.3 Å². The van der Waals surface area contributed by atoms with Gasteiger partial charge in [0.05, 0.1) is 5.56 Å². The number of hydrogen-bond acceptors (Lipinski definition) is 7. The lowest BCUT2D eigenvalue weighted by molar-refractivity contribution is -0.161. The molecule has 3 heterocycles. The number of amides is 1. The molecule has 30 heavy (non-hydrogen) atoms. The van der Waals surface area contributed by atoms with Crippen molar-refractivity contribution in [2.75, 3.05) is 31.1 Å². The summed E-state index contributed by atoms with van der Waals surface area (Å²) in [5.41, 5.74) is 0.108. The number of rotatable bonds is 5. The molecule has 2 aromatic heterocycles. The first-order chi connectivity index (χ1) is 14.3. The molecule has 1 aliphatic heterocycles. The van der Waals surface area contributed by atoms with Crippen molar-refractivity contribution < 1.29 is 22.8 Å². The molecule has 2 aromatic rings. The predicted octanol–water partition coefficient (Wildman–Crippen LogP) is 3.10. The number of anilines is 1. The van der Waals surface area contributed by atoms with Gasteiger partial charge in [0.2, 0.25) is 17.5 Å². The number of aromatic nitrogens is 2. The first kappa shape index (κ1) is 21.3. The maximum absolute atomic E-state index is 12.7. The second-order valence-corrected chi connectivity index (χ2v) is 6.69. The second kappa shape index (κ2) is 8.97. The van der Waals surface area contributed by atoms with Crippen LogP contribution in [0.15, 0.2) is 41.7 Å². The van der Waals surface area contributed by atoms with E-state index in [0.29, 0.717) is 18.8 Å². The summed E-state index contributed by atoms with van der Waals surface area (Å²) in [6.07, 6.45) is -4.21. The number of carbonyl (C=O) groups is 2. The lowest BCUT2D eigenvalue weighted by Gasteiger charge is -2.23. The molecule has 0 radical (unpaired) electrons. The highest BCUT2D eigenvalue weighted by molar-refractivity contribution is 6.10. The second-order valence-electron chi connectivity index (χ2n) is 6.69. The highest BCUT2D eigenvalue weighted by Gasteiger charge is 2.34. The molecule has 8 nitrogen and oxygen atoms in total. The highest BCUT2D eigenvalue weighted by atomic mass is 19.4. The van der Waals surface area contributed by atoms with Crippen molar-refractivity contribution in [2.24, 2.45) is 5.18 Å². The molecule has 0 atom stereocenters. The van der Waals surface area contributed by atoms with Crippen molar-refractivity contribution in [1.29, 1.82) is 0 Å². The van der Waals surface area contributed by atoms with Crippen molar-refractivity contribution in [2.45, 2.75) is 19.0 Å². The van der Waals surface area contributed by atoms with Gasteiger partial charge in [0, 0.05) is 32.4 Å². The zero-order valence-corrected chi connectivity index (χ0v) is 15.8. The quantitative estimate of drug-likeness (QED) is 0.544. The third-order valence-corrected chi connectivity index (χ3v) is 4.61. The van der Waals surface area contributed by atoms with Gasteiger partial charge in [-0.15, -0.1) is 4.91 Å². The summed E-state index contributed by atoms with van der Waals surface area (Å²) in [6, 6.07) is 7.72. The average molecular weight is 421 g/mol. The van der Waals surface area contributed by atoms with Gasteiger partial charge in [-0.3, -0.25) is 9.59 Å². The van der Waals surface area contributed by atoms with Crippen molar-refractivity contribution in [1.82, 2.24) is 14.9 Å². The fourth-order valence-electron chi connectivity index (χ4n) is 3.19. The number of ketones is 1. The minimum absolute atomic E-state index is 0.0249. The molecule has 3 rings (SSSR count). The Labute approximate surface area is 169 Å². The molecule has 0 N–H and O–H groups in total. The van der Waals surface area contributed by atoms with Crippen LogP contribution in [0.25, 0.3) is 0 Å². The van der Waals surface area contributed by atoms with E-state index in [-0.39, 0.29) is 36.7 Å². The minimum Gasteiger partial charge on any atom is -0.355 e. The van der Waals surface area contributed by atoms with Crippen LogP contribution in [0.2, 0.25) is 0 Å². The Balaban J connectivity index is 1.74. The Hall–Kier alpha value is -3.37. The van der Waals surface area contributed by atoms with Crippen LogP contribution in [0.5, 0.6) is 0 Å². The zero-order chi connectivity index (χ0) is 21.7. The van der Waals surface area contributed by atoms with E-state index in [2.05, 4.69) is 15.1 Å². The van der Waals surface area contributed by atoms with Crippen LogP contribution in [0.4, 0.5) is 24.8 Å². The molecular formula is C19H18F3N5O3. The van der Waals surface area contributed by atoms with E-state index in [0.717, 1.165) is 0 Å². The van der Waals surface area contributed by atoms with Crippen molar-refractivity contribution in [3.05, 3.63) is 52.7 Å². The van der Waals surface area contributed by atoms with E-state index < -0.39 is 24.3 Å². The van der Waals surface area contributed by atoms with Gasteiger partial charge in [-0.2, -0.15) is 13.2 Å². The molecule has 1 amide bonds. The van der Waals surface area contributed by atoms with E-state index >= 15 is 0 Å². The maximum Gasteiger partial charge on any atom is 0.397 e. The van der Waals surface area contributed by atoms with E-state index in [9.17, 15) is 27.7 Å². The SMILES string of the molecule is O=Nc1ncccc1C(=O)c1cccc(N2CCCN(C(=O)CC(F)(F)F)CC2)n1. The average Bonchev–Trinajstić information content (AvgIpc) is 2.98. The number of halogens is 3. The lowest BCUT2D eigenvalue weighted by Crippen LogP contribution is -2.37. The molecule has 0 spiro atoms. The van der Waals surface area contributed by atoms with Gasteiger partial charge in [0.15, 0.2) is 0 Å². The molecule has 1 aliphatic rings. The Bertz CT molecular complexity index is 951. The third kappa shape index (κ3) is 5.16. The van der Waals surface area contributed by atoms with Crippen LogP contribution in [-0.4, -0.2) is 58.9 Å². The van der Waals surface area contributed by atoms with Crippen LogP contribution in [0.1, 0.15) is 28.9 Å². The highest BCUT2D eigenvalue weighted by Crippen LogP contribution is 2.23. The fraction of sp³-hybridized carbons (Fsp3) is 0.368. The fourth-order valence-corrected chi connectivity index (χ4v) is 3.19. The molecule has 11 heteroatoms. The maximum atomic E-state index is 12.7. The van der Waals surface area contributed by atoms with Gasteiger partial charge < -0.3 is 9.80 Å². The molecule has 0 aliphatic carbocycles. The van der Waals surface area contributed by atoms with Crippen LogP contribution in [-0.2, 0) is 4.79 Å². The van der Waals surface area contributed by atoms with Crippen LogP contribution < -0.4 is 4.90 Å². The number of nitroso groups, excluding NO2 is 1. The van der Waals surface area contributed by atoms with Gasteiger partial charge in [-0.25, -0.2) is 9.97 Å². The lowest BCUT2D eigenvalue weighted by atomic mass is 10.1. The monoisotopic (exact) mass is 421 g/mol. The van der Waals surface area contributed by atoms with Gasteiger partial charge in [-0.1, -0.05) is 6.07 Å².